The minimum atomic E-state index is -0.833. The second-order valence-electron chi connectivity index (χ2n) is 5.39. The van der Waals surface area contributed by atoms with Crippen LogP contribution in [0.5, 0.6) is 6.01 Å². The van der Waals surface area contributed by atoms with Crippen molar-refractivity contribution in [2.75, 3.05) is 13.2 Å². The topological polar surface area (TPSA) is 119 Å². The minimum absolute atomic E-state index is 0.0180. The zero-order valence-electron chi connectivity index (χ0n) is 14.6. The molecule has 0 spiro atoms. The number of aromatic amines is 1. The number of fused-ring (bicyclic) bond motifs is 1. The van der Waals surface area contributed by atoms with Gasteiger partial charge in [-0.25, -0.2) is 0 Å². The van der Waals surface area contributed by atoms with E-state index in [1.165, 1.54) is 18.3 Å². The van der Waals surface area contributed by atoms with Crippen LogP contribution in [0.1, 0.15) is 32.6 Å². The van der Waals surface area contributed by atoms with E-state index in [1.54, 1.807) is 0 Å². The molecule has 2 heterocycles. The third kappa shape index (κ3) is 7.34. The van der Waals surface area contributed by atoms with Gasteiger partial charge in [-0.15, -0.1) is 11.3 Å². The lowest BCUT2D eigenvalue weighted by Crippen LogP contribution is -2.18. The SMILES string of the molecule is CC(=O)O.CCc1cc2c(=O)[nH]c(OCC(C)COC(C)=O)nc2s1. The standard InChI is InChI=1S/C14H18N2O4S.C2H4O2/c1-4-10-5-11-12(18)15-14(16-13(11)21-10)20-7-8(2)6-19-9(3)17;1-2(3)4/h5,8H,4,6-7H2,1-3H3,(H,15,16,18);1H3,(H,3,4). The predicted octanol–water partition coefficient (Wildman–Crippen LogP) is 2.22. The fourth-order valence-corrected chi connectivity index (χ4v) is 2.69. The number of carboxylic acid groups (broad SMARTS) is 1. The Morgan fingerprint density at radius 1 is 1.36 bits per heavy atom. The number of H-pyrrole nitrogens is 1. The molecule has 0 fully saturated rings. The van der Waals surface area contributed by atoms with E-state index < -0.39 is 5.97 Å². The highest BCUT2D eigenvalue weighted by Gasteiger charge is 2.11. The smallest absolute Gasteiger partial charge is 0.302 e. The fraction of sp³-hybridized carbons (Fsp3) is 0.500. The molecule has 138 valence electrons. The van der Waals surface area contributed by atoms with Crippen molar-refractivity contribution in [1.82, 2.24) is 9.97 Å². The molecule has 1 unspecified atom stereocenters. The Morgan fingerprint density at radius 2 is 2.00 bits per heavy atom. The van der Waals surface area contributed by atoms with E-state index in [1.807, 2.05) is 19.9 Å². The first kappa shape index (κ1) is 20.6. The molecule has 0 amide bonds. The van der Waals surface area contributed by atoms with Crippen LogP contribution in [0.4, 0.5) is 0 Å². The summed E-state index contributed by atoms with van der Waals surface area (Å²) >= 11 is 1.49. The molecule has 1 atom stereocenters. The van der Waals surface area contributed by atoms with Crippen molar-refractivity contribution in [2.45, 2.75) is 34.1 Å². The molecule has 9 heteroatoms. The number of aromatic nitrogens is 2. The first-order valence-corrected chi connectivity index (χ1v) is 8.53. The third-order valence-corrected chi connectivity index (χ3v) is 4.03. The molecule has 25 heavy (non-hydrogen) atoms. The molecule has 2 N–H and O–H groups in total. The van der Waals surface area contributed by atoms with Crippen molar-refractivity contribution in [3.05, 3.63) is 21.3 Å². The average molecular weight is 370 g/mol. The first-order valence-electron chi connectivity index (χ1n) is 7.71. The molecule has 0 radical (unpaired) electrons. The van der Waals surface area contributed by atoms with Gasteiger partial charge in [-0.05, 0) is 12.5 Å². The van der Waals surface area contributed by atoms with E-state index in [4.69, 9.17) is 19.4 Å². The number of hydrogen-bond acceptors (Lipinski definition) is 7. The lowest BCUT2D eigenvalue weighted by molar-refractivity contribution is -0.142. The van der Waals surface area contributed by atoms with E-state index >= 15 is 0 Å². The van der Waals surface area contributed by atoms with Gasteiger partial charge in [-0.2, -0.15) is 4.98 Å². The van der Waals surface area contributed by atoms with Gasteiger partial charge in [0.15, 0.2) is 0 Å². The number of carboxylic acids is 1. The van der Waals surface area contributed by atoms with Crippen LogP contribution in [0.25, 0.3) is 10.2 Å². The van der Waals surface area contributed by atoms with Crippen molar-refractivity contribution < 1.29 is 24.2 Å². The number of hydrogen-bond donors (Lipinski definition) is 2. The van der Waals surface area contributed by atoms with Gasteiger partial charge in [-0.1, -0.05) is 13.8 Å². The van der Waals surface area contributed by atoms with Gasteiger partial charge in [0.05, 0.1) is 18.6 Å². The lowest BCUT2D eigenvalue weighted by atomic mass is 10.2. The third-order valence-electron chi connectivity index (χ3n) is 2.86. The Balaban J connectivity index is 0.000000705. The predicted molar refractivity (Wildman–Crippen MR) is 94.2 cm³/mol. The number of nitrogens with one attached hydrogen (secondary N) is 1. The van der Waals surface area contributed by atoms with E-state index in [2.05, 4.69) is 9.97 Å². The second-order valence-corrected chi connectivity index (χ2v) is 6.51. The summed E-state index contributed by atoms with van der Waals surface area (Å²) in [5.41, 5.74) is -0.196. The summed E-state index contributed by atoms with van der Waals surface area (Å²) in [4.78, 5) is 40.4. The molecule has 0 saturated carbocycles. The van der Waals surface area contributed by atoms with Crippen LogP contribution in [0.3, 0.4) is 0 Å². The Hall–Kier alpha value is -2.42. The van der Waals surface area contributed by atoms with Crippen molar-refractivity contribution in [2.24, 2.45) is 5.92 Å². The van der Waals surface area contributed by atoms with Gasteiger partial charge < -0.3 is 14.6 Å². The van der Waals surface area contributed by atoms with Gasteiger partial charge in [0.2, 0.25) is 0 Å². The van der Waals surface area contributed by atoms with Gasteiger partial charge >= 0.3 is 5.97 Å². The lowest BCUT2D eigenvalue weighted by Gasteiger charge is -2.11. The Bertz CT molecular complexity index is 779. The number of ether oxygens (including phenoxy) is 2. The quantitative estimate of drug-likeness (QED) is 0.748. The van der Waals surface area contributed by atoms with E-state index in [-0.39, 0.29) is 30.1 Å². The Kier molecular flexibility index (Phi) is 8.06. The molecule has 2 aromatic heterocycles. The molecular formula is C16H22N2O6S. The largest absolute Gasteiger partial charge is 0.481 e. The number of aryl methyl sites for hydroxylation is 1. The minimum Gasteiger partial charge on any atom is -0.481 e. The summed E-state index contributed by atoms with van der Waals surface area (Å²) in [6, 6.07) is 2.06. The van der Waals surface area contributed by atoms with Crippen LogP contribution in [0.2, 0.25) is 0 Å². The molecule has 0 aliphatic heterocycles. The number of carbonyl (C=O) groups is 2. The number of aliphatic carboxylic acids is 1. The Morgan fingerprint density at radius 3 is 2.56 bits per heavy atom. The average Bonchev–Trinajstić information content (AvgIpc) is 2.94. The van der Waals surface area contributed by atoms with E-state index in [9.17, 15) is 9.59 Å². The summed E-state index contributed by atoms with van der Waals surface area (Å²) in [6.07, 6.45) is 0.871. The molecule has 8 nitrogen and oxygen atoms in total. The summed E-state index contributed by atoms with van der Waals surface area (Å²) < 4.78 is 10.4. The zero-order valence-corrected chi connectivity index (χ0v) is 15.4. The molecule has 0 saturated heterocycles. The highest BCUT2D eigenvalue weighted by atomic mass is 32.1. The van der Waals surface area contributed by atoms with Gasteiger partial charge in [-0.3, -0.25) is 19.4 Å². The maximum absolute atomic E-state index is 12.0. The van der Waals surface area contributed by atoms with Crippen LogP contribution in [-0.2, 0) is 20.7 Å². The summed E-state index contributed by atoms with van der Waals surface area (Å²) in [7, 11) is 0. The number of esters is 1. The van der Waals surface area contributed by atoms with Gasteiger partial charge in [0.25, 0.3) is 17.5 Å². The maximum Gasteiger partial charge on any atom is 0.302 e. The molecular weight excluding hydrogens is 348 g/mol. The molecule has 0 aliphatic carbocycles. The van der Waals surface area contributed by atoms with Gasteiger partial charge in [0, 0.05) is 24.6 Å². The highest BCUT2D eigenvalue weighted by molar-refractivity contribution is 7.18. The van der Waals surface area contributed by atoms with Crippen molar-refractivity contribution in [3.63, 3.8) is 0 Å². The second kappa shape index (κ2) is 9.77. The normalized spacial score (nSPS) is 11.4. The number of carbonyl (C=O) groups excluding carboxylic acids is 1. The van der Waals surface area contributed by atoms with Crippen LogP contribution >= 0.6 is 11.3 Å². The number of rotatable bonds is 6. The van der Waals surface area contributed by atoms with Gasteiger partial charge in [0.1, 0.15) is 4.83 Å². The van der Waals surface area contributed by atoms with Crippen molar-refractivity contribution >= 4 is 33.5 Å². The van der Waals surface area contributed by atoms with Crippen molar-refractivity contribution in [3.8, 4) is 6.01 Å². The summed E-state index contributed by atoms with van der Waals surface area (Å²) in [5, 5.41) is 8.01. The number of thiophene rings is 1. The molecule has 0 aliphatic rings. The first-order chi connectivity index (χ1) is 11.7. The number of nitrogens with zero attached hydrogens (tertiary/aromatic N) is 1. The van der Waals surface area contributed by atoms with Crippen LogP contribution < -0.4 is 10.3 Å². The van der Waals surface area contributed by atoms with Crippen LogP contribution in [-0.4, -0.2) is 40.2 Å². The van der Waals surface area contributed by atoms with Crippen molar-refractivity contribution in [1.29, 1.82) is 0 Å². The fourth-order valence-electron chi connectivity index (χ4n) is 1.73. The molecule has 0 aromatic carbocycles. The maximum atomic E-state index is 12.0. The molecule has 0 bridgehead atoms. The zero-order chi connectivity index (χ0) is 19.0. The van der Waals surface area contributed by atoms with E-state index in [0.29, 0.717) is 16.8 Å². The van der Waals surface area contributed by atoms with E-state index in [0.717, 1.165) is 18.2 Å². The van der Waals surface area contributed by atoms with Crippen LogP contribution in [0.15, 0.2) is 10.9 Å². The molecule has 2 rings (SSSR count). The summed E-state index contributed by atoms with van der Waals surface area (Å²) in [5.74, 6) is -1.13. The monoisotopic (exact) mass is 370 g/mol. The highest BCUT2D eigenvalue weighted by Crippen LogP contribution is 2.22. The Labute approximate surface area is 148 Å². The van der Waals surface area contributed by atoms with Crippen LogP contribution in [0, 0.1) is 5.92 Å². The summed E-state index contributed by atoms with van der Waals surface area (Å²) in [6.45, 7) is 6.96. The molecule has 2 aromatic rings.